The maximum atomic E-state index is 11.7. The van der Waals surface area contributed by atoms with E-state index in [1.807, 2.05) is 81.4 Å². The molecule has 10 aromatic rings. The summed E-state index contributed by atoms with van der Waals surface area (Å²) in [4.78, 5) is 33.5. The smallest absolute Gasteiger partial charge is 0.248 e. The number of hydrogen-bond acceptors (Lipinski definition) is 4. The number of amides is 2. The molecule has 0 saturated carbocycles. The van der Waals surface area contributed by atoms with Gasteiger partial charge >= 0.3 is 0 Å². The van der Waals surface area contributed by atoms with Crippen molar-refractivity contribution in [1.82, 2.24) is 5.32 Å². The van der Waals surface area contributed by atoms with Gasteiger partial charge in [0.05, 0.1) is 11.6 Å². The number of benzene rings is 10. The fraction of sp³-hybridized carbons (Fsp3) is 0.387. The fourth-order valence-corrected chi connectivity index (χ4v) is 13.9. The molecular weight excluding hydrogens is 1790 g/mol. The van der Waals surface area contributed by atoms with E-state index in [0.717, 1.165) is 45.2 Å². The summed E-state index contributed by atoms with van der Waals surface area (Å²) >= 11 is 0. The number of primary amides is 1. The van der Waals surface area contributed by atoms with E-state index >= 15 is 0 Å². The van der Waals surface area contributed by atoms with E-state index in [4.69, 9.17) is 11.0 Å². The van der Waals surface area contributed by atoms with Gasteiger partial charge < -0.3 is 11.1 Å². The number of carbonyl (C=O) groups excluding carboxylic acids is 3. The molecular formula is C119H181N3O3WY-2. The molecule has 0 fully saturated rings. The van der Waals surface area contributed by atoms with Gasteiger partial charge in [-0.1, -0.05) is 233 Å². The number of nitriles is 1. The van der Waals surface area contributed by atoms with Crippen LogP contribution in [0.4, 0.5) is 0 Å². The Labute approximate surface area is 824 Å². The van der Waals surface area contributed by atoms with Crippen LogP contribution in [0.25, 0.3) is 48.6 Å². The molecule has 0 bridgehead atoms. The molecule has 0 unspecified atom stereocenters. The van der Waals surface area contributed by atoms with Crippen molar-refractivity contribution in [3.63, 3.8) is 0 Å². The van der Waals surface area contributed by atoms with Gasteiger partial charge in [0.1, 0.15) is 6.29 Å². The average molecular weight is 1970 g/mol. The first-order chi connectivity index (χ1) is 52.0. The van der Waals surface area contributed by atoms with Gasteiger partial charge in [0.2, 0.25) is 11.8 Å². The standard InChI is InChI=1S/C21H25NO.C21H24NO.C21H23N.C21H26.C12H17.C9H10O.14CH4.W.Y/c1-12-7-8-19(21(22)23)11-18(12)9-10-20-16(5)14(3)13(2)15(4)17(20)6;1-13-14(2)16(4)20(17(5)15(13)3)11-10-18-8-7-9-19(12-18)21(23)22-6;1-13-7-8-19(12-22)11-20(13)9-10-21-17(5)15(3)14(2)16(4)18(21)6;1-13-8-9-14(2)20(12-13)10-11-21-18(6)16(4)15(3)17(5)19(21)7;1-7-8(2)10(4)12(6)11(5)9(7)3;1-7-3-4-8(2)9(5-7)6-10;;;;;;;;;;;;;;;;/h7-11H,1-6H3,(H2,22,23);7,9-12H,1-6H3,(H,22,23);7-11H,1-6H3;8-12H,1-7H3;1H2,2-6H3;3-6H,1-2H3;14*1H4;;/q;-1;;;-1;;;;;;;;;;;;;;;;;/b10-9+;11-10+;10-9+;11-10+;;;;;;;;;;;;;;;;;;. The topological polar surface area (TPSA) is 113 Å². The van der Waals surface area contributed by atoms with Crippen LogP contribution in [0.2, 0.25) is 0 Å². The maximum absolute atomic E-state index is 11.7. The molecule has 0 aliphatic rings. The van der Waals surface area contributed by atoms with Gasteiger partial charge in [-0.3, -0.25) is 14.4 Å². The van der Waals surface area contributed by atoms with Gasteiger partial charge in [-0.15, -0.1) is 58.2 Å². The average Bonchev–Trinajstić information content (AvgIpc) is 0.806. The largest absolute Gasteiger partial charge is 0.366 e. The Kier molecular flexibility index (Phi) is 73.1. The summed E-state index contributed by atoms with van der Waals surface area (Å²) in [6, 6.07) is 34.6. The number of nitrogens with two attached hydrogens (primary N) is 1. The van der Waals surface area contributed by atoms with Crippen molar-refractivity contribution in [1.29, 1.82) is 5.26 Å². The molecule has 0 heterocycles. The van der Waals surface area contributed by atoms with Crippen molar-refractivity contribution in [2.75, 3.05) is 7.05 Å². The minimum Gasteiger partial charge on any atom is -0.366 e. The van der Waals surface area contributed by atoms with Crippen molar-refractivity contribution in [2.24, 2.45) is 5.73 Å². The summed E-state index contributed by atoms with van der Waals surface area (Å²) in [7, 11) is 1.64. The Morgan fingerprint density at radius 2 is 0.575 bits per heavy atom. The quantitative estimate of drug-likeness (QED) is 0.0763. The summed E-state index contributed by atoms with van der Waals surface area (Å²) in [6.45, 7) is 71.1. The summed E-state index contributed by atoms with van der Waals surface area (Å²) < 4.78 is 0. The van der Waals surface area contributed by atoms with E-state index in [0.29, 0.717) is 16.7 Å². The van der Waals surface area contributed by atoms with Gasteiger partial charge in [0, 0.05) is 71.9 Å². The molecule has 0 aromatic heterocycles. The molecule has 10 aromatic carbocycles. The van der Waals surface area contributed by atoms with Gasteiger partial charge in [0.15, 0.2) is 0 Å². The van der Waals surface area contributed by atoms with Crippen molar-refractivity contribution < 1.29 is 68.2 Å². The molecule has 1 radical (unpaired) electrons. The van der Waals surface area contributed by atoms with Crippen LogP contribution in [0.1, 0.15) is 363 Å². The second kappa shape index (κ2) is 64.6. The van der Waals surface area contributed by atoms with E-state index < -0.39 is 5.91 Å². The van der Waals surface area contributed by atoms with Gasteiger partial charge in [-0.25, -0.2) is 0 Å². The zero-order valence-corrected chi connectivity index (χ0v) is 80.1. The Morgan fingerprint density at radius 1 is 0.323 bits per heavy atom. The van der Waals surface area contributed by atoms with Gasteiger partial charge in [0.25, 0.3) is 0 Å². The van der Waals surface area contributed by atoms with Crippen molar-refractivity contribution in [3.05, 3.63) is 349 Å². The SMILES string of the molecule is C.C.C.C.C.C.C.C.C.C.C.C.C.C.CNC(=O)c1cc[c-]c(/C=C/c2c(C)c(C)c(C)c(C)c2C)c1.Cc1ccc(C#N)cc1/C=C/c1c(C)c(C)c(C)c(C)c1C.Cc1ccc(C(N)=O)cc1/C=C/c1c(C)c(C)c(C)c(C)c1C.Cc1ccc(C)c(/C=C/c2c(C)c(C)c(C)c(C)c2C)c1.Cc1ccc(C)c(C=O)c1.[CH2-]c1c(C)c(C)c(C)c(C)c1C.[W].[Y]. The number of nitrogens with one attached hydrogen (secondary N) is 1. The molecule has 127 heavy (non-hydrogen) atoms. The molecule has 0 spiro atoms. The monoisotopic (exact) mass is 1970 g/mol. The molecule has 2 amide bonds. The third-order valence-corrected chi connectivity index (χ3v) is 24.4. The number of carbonyl (C=O) groups is 3. The van der Waals surface area contributed by atoms with Crippen molar-refractivity contribution in [2.45, 2.75) is 319 Å². The predicted octanol–water partition coefficient (Wildman–Crippen LogP) is 35.4. The van der Waals surface area contributed by atoms with Gasteiger partial charge in [-0.05, 0) is 395 Å². The molecule has 10 rings (SSSR count). The second-order valence-corrected chi connectivity index (χ2v) is 30.7. The number of hydrogen-bond donors (Lipinski definition) is 2. The molecule has 6 nitrogen and oxygen atoms in total. The fourth-order valence-electron chi connectivity index (χ4n) is 13.9. The van der Waals surface area contributed by atoms with E-state index in [9.17, 15) is 14.4 Å². The van der Waals surface area contributed by atoms with Gasteiger partial charge in [-0.2, -0.15) is 17.7 Å². The molecule has 8 heteroatoms. The van der Waals surface area contributed by atoms with Crippen LogP contribution in [0.5, 0.6) is 0 Å². The predicted molar refractivity (Wildman–Crippen MR) is 577 cm³/mol. The summed E-state index contributed by atoms with van der Waals surface area (Å²) in [5.74, 6) is -0.475. The first-order valence-electron chi connectivity index (χ1n) is 38.6. The van der Waals surface area contributed by atoms with Crippen LogP contribution in [-0.2, 0) is 53.8 Å². The van der Waals surface area contributed by atoms with Crippen LogP contribution in [0.15, 0.2) is 91.0 Å². The minimum absolute atomic E-state index is 0. The Morgan fingerprint density at radius 3 is 0.858 bits per heavy atom. The third kappa shape index (κ3) is 36.1. The number of rotatable bonds is 11. The molecule has 0 aliphatic heterocycles. The normalized spacial score (nSPS) is 9.54. The van der Waals surface area contributed by atoms with E-state index in [-0.39, 0.29) is 164 Å². The number of aryl methyl sites for hydroxylation is 6. The zero-order chi connectivity index (χ0) is 83.6. The number of nitrogens with zero attached hydrogens (tertiary/aromatic N) is 1. The first kappa shape index (κ1) is 144. The second-order valence-electron chi connectivity index (χ2n) is 30.7. The summed E-state index contributed by atoms with van der Waals surface area (Å²) in [6.07, 6.45) is 18.1. The molecule has 701 valence electrons. The minimum atomic E-state index is -0.394. The third-order valence-electron chi connectivity index (χ3n) is 24.4. The van der Waals surface area contributed by atoms with E-state index in [1.165, 1.54) is 189 Å². The van der Waals surface area contributed by atoms with Crippen LogP contribution >= 0.6 is 0 Å². The van der Waals surface area contributed by atoms with Crippen LogP contribution in [-0.4, -0.2) is 25.1 Å². The zero-order valence-electron chi connectivity index (χ0n) is 74.3. The van der Waals surface area contributed by atoms with Crippen LogP contribution in [0, 0.1) is 239 Å². The Hall–Kier alpha value is -9.08. The maximum Gasteiger partial charge on any atom is 0.248 e. The van der Waals surface area contributed by atoms with Crippen molar-refractivity contribution >= 4 is 66.7 Å². The Bertz CT molecular complexity index is 5150. The van der Waals surface area contributed by atoms with E-state index in [1.54, 1.807) is 25.2 Å². The molecule has 0 saturated heterocycles. The summed E-state index contributed by atoms with van der Waals surface area (Å²) in [5, 5.41) is 11.7. The van der Waals surface area contributed by atoms with Crippen LogP contribution in [0.3, 0.4) is 0 Å². The first-order valence-corrected chi connectivity index (χ1v) is 38.6. The number of aldehydes is 1. The molecule has 3 N–H and O–H groups in total. The Balaban J connectivity index is -0.000000124. The molecule has 0 aliphatic carbocycles. The molecule has 0 atom stereocenters. The van der Waals surface area contributed by atoms with Crippen molar-refractivity contribution in [3.8, 4) is 6.07 Å². The van der Waals surface area contributed by atoms with E-state index in [2.05, 4.69) is 279 Å². The summed E-state index contributed by atoms with van der Waals surface area (Å²) in [5.41, 5.74) is 60.0. The van der Waals surface area contributed by atoms with Crippen LogP contribution < -0.4 is 11.1 Å².